The van der Waals surface area contributed by atoms with Crippen molar-refractivity contribution in [3.8, 4) is 0 Å². The quantitative estimate of drug-likeness (QED) is 0.814. The fourth-order valence-corrected chi connectivity index (χ4v) is 4.34. The number of aryl methyl sites for hydroxylation is 1. The van der Waals surface area contributed by atoms with Crippen molar-refractivity contribution in [3.63, 3.8) is 0 Å². The number of benzene rings is 1. The van der Waals surface area contributed by atoms with E-state index >= 15 is 0 Å². The third kappa shape index (κ3) is 3.34. The first kappa shape index (κ1) is 17.7. The molecule has 1 spiro atoms. The summed E-state index contributed by atoms with van der Waals surface area (Å²) in [6.07, 6.45) is 2.56. The highest BCUT2D eigenvalue weighted by Gasteiger charge is 2.49. The van der Waals surface area contributed by atoms with Crippen LogP contribution in [-0.4, -0.2) is 51.4 Å². The number of aromatic nitrogens is 2. The van der Waals surface area contributed by atoms with Crippen molar-refractivity contribution in [3.05, 3.63) is 47.7 Å². The van der Waals surface area contributed by atoms with Gasteiger partial charge in [0.1, 0.15) is 6.04 Å². The molecule has 0 N–H and O–H groups in total. The van der Waals surface area contributed by atoms with Gasteiger partial charge in [-0.15, -0.1) is 10.2 Å². The predicted molar refractivity (Wildman–Crippen MR) is 97.8 cm³/mol. The molecule has 7 nitrogen and oxygen atoms in total. The number of rotatable bonds is 2. The summed E-state index contributed by atoms with van der Waals surface area (Å²) in [5.74, 6) is 1.11. The van der Waals surface area contributed by atoms with Gasteiger partial charge in [-0.05, 0) is 36.8 Å². The molecule has 3 heterocycles. The minimum absolute atomic E-state index is 0.0105. The Morgan fingerprint density at radius 3 is 2.44 bits per heavy atom. The average molecular weight is 368 g/mol. The molecule has 2 aliphatic heterocycles. The van der Waals surface area contributed by atoms with Crippen LogP contribution in [0.2, 0.25) is 0 Å². The topological polar surface area (TPSA) is 79.5 Å². The molecule has 1 aromatic heterocycles. The molecule has 2 amide bonds. The Morgan fingerprint density at radius 1 is 1.15 bits per heavy atom. The Hall–Kier alpha value is -2.70. The summed E-state index contributed by atoms with van der Waals surface area (Å²) >= 11 is 0. The minimum atomic E-state index is -0.220. The monoisotopic (exact) mass is 368 g/mol. The van der Waals surface area contributed by atoms with Crippen molar-refractivity contribution in [2.45, 2.75) is 39.2 Å². The number of carbonyl (C=O) groups is 2. The number of amides is 2. The highest BCUT2D eigenvalue weighted by molar-refractivity contribution is 5.94. The number of nitrogens with zero attached hydrogens (tertiary/aromatic N) is 4. The molecule has 0 aliphatic carbocycles. The zero-order valence-corrected chi connectivity index (χ0v) is 15.7. The Bertz CT molecular complexity index is 840. The molecular formula is C20H24N4O3. The van der Waals surface area contributed by atoms with Crippen LogP contribution < -0.4 is 0 Å². The maximum Gasteiger partial charge on any atom is 0.254 e. The molecule has 1 unspecified atom stereocenters. The van der Waals surface area contributed by atoms with Crippen molar-refractivity contribution in [2.24, 2.45) is 5.41 Å². The minimum Gasteiger partial charge on any atom is -0.423 e. The van der Waals surface area contributed by atoms with E-state index in [1.807, 2.05) is 40.1 Å². The summed E-state index contributed by atoms with van der Waals surface area (Å²) in [6.45, 7) is 5.49. The average Bonchev–Trinajstić information content (AvgIpc) is 3.26. The van der Waals surface area contributed by atoms with Gasteiger partial charge in [-0.3, -0.25) is 9.59 Å². The van der Waals surface area contributed by atoms with E-state index in [1.165, 1.54) is 0 Å². The fraction of sp³-hybridized carbons (Fsp3) is 0.500. The number of hydrogen-bond acceptors (Lipinski definition) is 5. The van der Waals surface area contributed by atoms with Crippen LogP contribution in [0.15, 0.2) is 34.7 Å². The van der Waals surface area contributed by atoms with Crippen LogP contribution in [0.1, 0.15) is 54.4 Å². The molecule has 0 bridgehead atoms. The Morgan fingerprint density at radius 2 is 1.85 bits per heavy atom. The summed E-state index contributed by atoms with van der Waals surface area (Å²) in [5.41, 5.74) is 0.653. The smallest absolute Gasteiger partial charge is 0.254 e. The van der Waals surface area contributed by atoms with Gasteiger partial charge in [0.15, 0.2) is 0 Å². The second-order valence-electron chi connectivity index (χ2n) is 7.68. The molecular weight excluding hydrogens is 344 g/mol. The van der Waals surface area contributed by atoms with Gasteiger partial charge in [-0.1, -0.05) is 18.2 Å². The molecule has 0 radical (unpaired) electrons. The fourth-order valence-electron chi connectivity index (χ4n) is 4.34. The number of likely N-dealkylation sites (tertiary alicyclic amines) is 2. The van der Waals surface area contributed by atoms with Crippen molar-refractivity contribution in [1.29, 1.82) is 0 Å². The van der Waals surface area contributed by atoms with Crippen molar-refractivity contribution < 1.29 is 14.0 Å². The van der Waals surface area contributed by atoms with Crippen LogP contribution in [0.5, 0.6) is 0 Å². The van der Waals surface area contributed by atoms with Gasteiger partial charge in [-0.25, -0.2) is 0 Å². The lowest BCUT2D eigenvalue weighted by molar-refractivity contribution is -0.131. The van der Waals surface area contributed by atoms with E-state index in [9.17, 15) is 9.59 Å². The summed E-state index contributed by atoms with van der Waals surface area (Å²) < 4.78 is 5.70. The number of hydrogen-bond donors (Lipinski definition) is 0. The summed E-state index contributed by atoms with van der Waals surface area (Å²) in [5, 5.41) is 8.16. The molecule has 2 fully saturated rings. The third-order valence-electron chi connectivity index (χ3n) is 5.89. The van der Waals surface area contributed by atoms with E-state index in [1.54, 1.807) is 13.8 Å². The van der Waals surface area contributed by atoms with Crippen LogP contribution >= 0.6 is 0 Å². The summed E-state index contributed by atoms with van der Waals surface area (Å²) in [7, 11) is 0. The summed E-state index contributed by atoms with van der Waals surface area (Å²) in [4.78, 5) is 28.7. The van der Waals surface area contributed by atoms with E-state index in [-0.39, 0.29) is 23.3 Å². The molecule has 1 aromatic carbocycles. The van der Waals surface area contributed by atoms with Crippen molar-refractivity contribution in [1.82, 2.24) is 20.0 Å². The standard InChI is InChI=1S/C20H24N4O3/c1-14-21-22-18(27-14)17-12-20(8-10-23(11-9-20)15(2)25)13-24(17)19(26)16-6-4-3-5-7-16/h3-7,17H,8-13H2,1-2H3. The molecule has 2 saturated heterocycles. The van der Waals surface area contributed by atoms with Crippen LogP contribution in [0, 0.1) is 12.3 Å². The first-order valence-corrected chi connectivity index (χ1v) is 9.39. The first-order valence-electron chi connectivity index (χ1n) is 9.39. The van der Waals surface area contributed by atoms with Crippen molar-refractivity contribution >= 4 is 11.8 Å². The maximum absolute atomic E-state index is 13.2. The van der Waals surface area contributed by atoms with Gasteiger partial charge in [0, 0.05) is 39.0 Å². The lowest BCUT2D eigenvalue weighted by Gasteiger charge is -2.38. The van der Waals surface area contributed by atoms with E-state index in [4.69, 9.17) is 4.42 Å². The predicted octanol–water partition coefficient (Wildman–Crippen LogP) is 2.59. The lowest BCUT2D eigenvalue weighted by Crippen LogP contribution is -2.44. The van der Waals surface area contributed by atoms with Gasteiger partial charge in [0.2, 0.25) is 17.7 Å². The molecule has 1 atom stereocenters. The van der Waals surface area contributed by atoms with Gasteiger partial charge in [-0.2, -0.15) is 0 Å². The second-order valence-corrected chi connectivity index (χ2v) is 7.68. The molecule has 27 heavy (non-hydrogen) atoms. The van der Waals surface area contributed by atoms with E-state index in [0.717, 1.165) is 32.4 Å². The third-order valence-corrected chi connectivity index (χ3v) is 5.89. The van der Waals surface area contributed by atoms with Gasteiger partial charge < -0.3 is 14.2 Å². The van der Waals surface area contributed by atoms with Crippen LogP contribution in [0.25, 0.3) is 0 Å². The van der Waals surface area contributed by atoms with E-state index in [0.29, 0.717) is 23.9 Å². The number of carbonyl (C=O) groups excluding carboxylic acids is 2. The molecule has 7 heteroatoms. The lowest BCUT2D eigenvalue weighted by atomic mass is 9.76. The molecule has 4 rings (SSSR count). The Kier molecular flexibility index (Phi) is 4.45. The SMILES string of the molecule is CC(=O)N1CCC2(CC1)CC(c1nnc(C)o1)N(C(=O)c1ccccc1)C2. The van der Waals surface area contributed by atoms with Crippen LogP contribution in [0.3, 0.4) is 0 Å². The van der Waals surface area contributed by atoms with Gasteiger partial charge in [0.25, 0.3) is 5.91 Å². The normalized spacial score (nSPS) is 21.6. The molecule has 0 saturated carbocycles. The maximum atomic E-state index is 13.2. The zero-order chi connectivity index (χ0) is 19.0. The molecule has 2 aliphatic rings. The highest BCUT2D eigenvalue weighted by Crippen LogP contribution is 2.49. The van der Waals surface area contributed by atoms with E-state index < -0.39 is 0 Å². The second kappa shape index (κ2) is 6.79. The Balaban J connectivity index is 1.62. The summed E-state index contributed by atoms with van der Waals surface area (Å²) in [6, 6.07) is 9.09. The first-order chi connectivity index (χ1) is 13.0. The van der Waals surface area contributed by atoms with E-state index in [2.05, 4.69) is 10.2 Å². The Labute approximate surface area is 158 Å². The van der Waals surface area contributed by atoms with Gasteiger partial charge in [0.05, 0.1) is 0 Å². The molecule has 2 aromatic rings. The zero-order valence-electron chi connectivity index (χ0n) is 15.7. The largest absolute Gasteiger partial charge is 0.423 e. The van der Waals surface area contributed by atoms with Crippen LogP contribution in [0.4, 0.5) is 0 Å². The van der Waals surface area contributed by atoms with Crippen LogP contribution in [-0.2, 0) is 4.79 Å². The molecule has 142 valence electrons. The number of piperidine rings is 1. The highest BCUT2D eigenvalue weighted by atomic mass is 16.4. The van der Waals surface area contributed by atoms with Gasteiger partial charge >= 0.3 is 0 Å². The van der Waals surface area contributed by atoms with Crippen molar-refractivity contribution in [2.75, 3.05) is 19.6 Å².